The van der Waals surface area contributed by atoms with Gasteiger partial charge in [0.2, 0.25) is 0 Å². The average Bonchev–Trinajstić information content (AvgIpc) is 2.80. The van der Waals surface area contributed by atoms with Crippen LogP contribution in [0.3, 0.4) is 0 Å². The second kappa shape index (κ2) is 7.42. The van der Waals surface area contributed by atoms with E-state index < -0.39 is 0 Å². The van der Waals surface area contributed by atoms with Gasteiger partial charge in [-0.25, -0.2) is 0 Å². The van der Waals surface area contributed by atoms with Crippen molar-refractivity contribution in [3.63, 3.8) is 0 Å². The van der Waals surface area contributed by atoms with Crippen LogP contribution in [0.25, 0.3) is 0 Å². The second-order valence-corrected chi connectivity index (χ2v) is 7.34. The predicted octanol–water partition coefficient (Wildman–Crippen LogP) is 4.16. The molecule has 0 amide bonds. The van der Waals surface area contributed by atoms with Gasteiger partial charge in [0.25, 0.3) is 0 Å². The van der Waals surface area contributed by atoms with Crippen molar-refractivity contribution in [2.24, 2.45) is 5.41 Å². The zero-order valence-electron chi connectivity index (χ0n) is 14.3. The topological polar surface area (TPSA) is 15.3 Å². The molecule has 1 aliphatic rings. The zero-order chi connectivity index (χ0) is 15.3. The van der Waals surface area contributed by atoms with Crippen LogP contribution >= 0.6 is 0 Å². The van der Waals surface area contributed by atoms with E-state index in [9.17, 15) is 0 Å². The SMILES string of the molecule is CCCNC(CCN1CCC(C)(C)C1)c1ccccc1C. The minimum absolute atomic E-state index is 0.495. The van der Waals surface area contributed by atoms with Gasteiger partial charge in [-0.15, -0.1) is 0 Å². The highest BCUT2D eigenvalue weighted by Gasteiger charge is 2.29. The van der Waals surface area contributed by atoms with Gasteiger partial charge in [-0.2, -0.15) is 0 Å². The summed E-state index contributed by atoms with van der Waals surface area (Å²) in [5, 5.41) is 3.74. The molecule has 1 aromatic carbocycles. The standard InChI is InChI=1S/C19H32N2/c1-5-12-20-18(17-9-7-6-8-16(17)2)10-13-21-14-11-19(3,4)15-21/h6-9,18,20H,5,10-15H2,1-4H3. The van der Waals surface area contributed by atoms with Crippen molar-refractivity contribution in [1.29, 1.82) is 0 Å². The molecule has 1 aromatic rings. The number of rotatable bonds is 7. The van der Waals surface area contributed by atoms with Crippen molar-refractivity contribution in [3.8, 4) is 0 Å². The fourth-order valence-electron chi connectivity index (χ4n) is 3.39. The molecule has 0 spiro atoms. The average molecular weight is 288 g/mol. The lowest BCUT2D eigenvalue weighted by molar-refractivity contribution is 0.274. The number of nitrogens with zero attached hydrogens (tertiary/aromatic N) is 1. The lowest BCUT2D eigenvalue weighted by atomic mass is 9.93. The molecule has 0 radical (unpaired) electrons. The maximum absolute atomic E-state index is 3.74. The normalized spacial score (nSPS) is 19.8. The molecule has 0 bridgehead atoms. The molecule has 2 nitrogen and oxygen atoms in total. The Morgan fingerprint density at radius 2 is 2.05 bits per heavy atom. The third kappa shape index (κ3) is 4.82. The fourth-order valence-corrected chi connectivity index (χ4v) is 3.39. The molecule has 1 heterocycles. The molecular formula is C19H32N2. The van der Waals surface area contributed by atoms with E-state index in [0.29, 0.717) is 11.5 Å². The van der Waals surface area contributed by atoms with Gasteiger partial charge < -0.3 is 10.2 Å². The van der Waals surface area contributed by atoms with Crippen LogP contribution in [0.2, 0.25) is 0 Å². The highest BCUT2D eigenvalue weighted by Crippen LogP contribution is 2.30. The van der Waals surface area contributed by atoms with Crippen molar-refractivity contribution < 1.29 is 0 Å². The number of nitrogens with one attached hydrogen (secondary N) is 1. The Hall–Kier alpha value is -0.860. The first-order chi connectivity index (χ1) is 10.0. The molecule has 0 saturated carbocycles. The lowest BCUT2D eigenvalue weighted by Crippen LogP contribution is -2.30. The van der Waals surface area contributed by atoms with Gasteiger partial charge >= 0.3 is 0 Å². The molecule has 118 valence electrons. The van der Waals surface area contributed by atoms with Gasteiger partial charge in [0.15, 0.2) is 0 Å². The molecule has 2 rings (SSSR count). The fraction of sp³-hybridized carbons (Fsp3) is 0.684. The molecule has 1 unspecified atom stereocenters. The molecule has 1 saturated heterocycles. The van der Waals surface area contributed by atoms with Crippen LogP contribution in [0.15, 0.2) is 24.3 Å². The van der Waals surface area contributed by atoms with Crippen LogP contribution in [0.4, 0.5) is 0 Å². The van der Waals surface area contributed by atoms with Gasteiger partial charge in [0, 0.05) is 12.6 Å². The summed E-state index contributed by atoms with van der Waals surface area (Å²) < 4.78 is 0. The summed E-state index contributed by atoms with van der Waals surface area (Å²) in [4.78, 5) is 2.64. The van der Waals surface area contributed by atoms with Gasteiger partial charge in [-0.3, -0.25) is 0 Å². The van der Waals surface area contributed by atoms with Gasteiger partial charge in [-0.1, -0.05) is 45.0 Å². The highest BCUT2D eigenvalue weighted by molar-refractivity contribution is 5.28. The minimum Gasteiger partial charge on any atom is -0.310 e. The molecule has 1 atom stereocenters. The highest BCUT2D eigenvalue weighted by atomic mass is 15.2. The van der Waals surface area contributed by atoms with E-state index in [0.717, 1.165) is 6.54 Å². The van der Waals surface area contributed by atoms with Crippen molar-refractivity contribution in [2.45, 2.75) is 53.0 Å². The molecule has 0 aliphatic carbocycles. The van der Waals surface area contributed by atoms with Crippen molar-refractivity contribution >= 4 is 0 Å². The van der Waals surface area contributed by atoms with E-state index in [2.05, 4.69) is 62.2 Å². The van der Waals surface area contributed by atoms with Crippen molar-refractivity contribution in [2.75, 3.05) is 26.2 Å². The first-order valence-electron chi connectivity index (χ1n) is 8.53. The third-order valence-electron chi connectivity index (χ3n) is 4.70. The van der Waals surface area contributed by atoms with Gasteiger partial charge in [0.05, 0.1) is 0 Å². The Morgan fingerprint density at radius 3 is 2.67 bits per heavy atom. The van der Waals surface area contributed by atoms with E-state index in [-0.39, 0.29) is 0 Å². The molecule has 1 N–H and O–H groups in total. The predicted molar refractivity (Wildman–Crippen MR) is 91.7 cm³/mol. The van der Waals surface area contributed by atoms with Crippen molar-refractivity contribution in [3.05, 3.63) is 35.4 Å². The number of benzene rings is 1. The molecule has 0 aromatic heterocycles. The quantitative estimate of drug-likeness (QED) is 0.810. The smallest absolute Gasteiger partial charge is 0.0335 e. The van der Waals surface area contributed by atoms with Crippen LogP contribution in [0.1, 0.15) is 57.2 Å². The monoisotopic (exact) mass is 288 g/mol. The summed E-state index contributed by atoms with van der Waals surface area (Å²) in [6, 6.07) is 9.32. The van der Waals surface area contributed by atoms with E-state index >= 15 is 0 Å². The van der Waals surface area contributed by atoms with E-state index in [1.54, 1.807) is 0 Å². The molecule has 2 heteroatoms. The van der Waals surface area contributed by atoms with Crippen LogP contribution < -0.4 is 5.32 Å². The van der Waals surface area contributed by atoms with E-state index in [4.69, 9.17) is 0 Å². The zero-order valence-corrected chi connectivity index (χ0v) is 14.3. The molecule has 1 aliphatic heterocycles. The number of likely N-dealkylation sites (tertiary alicyclic amines) is 1. The summed E-state index contributed by atoms with van der Waals surface area (Å²) in [6.07, 6.45) is 3.74. The van der Waals surface area contributed by atoms with Gasteiger partial charge in [-0.05, 0) is 62.4 Å². The molecule has 1 fully saturated rings. The molecule has 21 heavy (non-hydrogen) atoms. The number of aryl methyl sites for hydroxylation is 1. The number of hydrogen-bond donors (Lipinski definition) is 1. The maximum atomic E-state index is 3.74. The van der Waals surface area contributed by atoms with E-state index in [1.807, 2.05) is 0 Å². The number of hydrogen-bond acceptors (Lipinski definition) is 2. The Balaban J connectivity index is 1.96. The summed E-state index contributed by atoms with van der Waals surface area (Å²) >= 11 is 0. The Labute approximate surface area is 130 Å². The first-order valence-corrected chi connectivity index (χ1v) is 8.53. The van der Waals surface area contributed by atoms with Crippen molar-refractivity contribution in [1.82, 2.24) is 10.2 Å². The Morgan fingerprint density at radius 1 is 1.29 bits per heavy atom. The maximum Gasteiger partial charge on any atom is 0.0335 e. The third-order valence-corrected chi connectivity index (χ3v) is 4.70. The lowest BCUT2D eigenvalue weighted by Gasteiger charge is -2.25. The Bertz CT molecular complexity index is 439. The van der Waals surface area contributed by atoms with Crippen LogP contribution in [0.5, 0.6) is 0 Å². The van der Waals surface area contributed by atoms with Crippen LogP contribution in [0, 0.1) is 12.3 Å². The van der Waals surface area contributed by atoms with Gasteiger partial charge in [0.1, 0.15) is 0 Å². The Kier molecular flexibility index (Phi) is 5.83. The molecular weight excluding hydrogens is 256 g/mol. The van der Waals surface area contributed by atoms with E-state index in [1.165, 1.54) is 50.0 Å². The largest absolute Gasteiger partial charge is 0.310 e. The first kappa shape index (κ1) is 16.5. The summed E-state index contributed by atoms with van der Waals surface area (Å²) in [6.45, 7) is 14.1. The van der Waals surface area contributed by atoms with Crippen LogP contribution in [-0.2, 0) is 0 Å². The van der Waals surface area contributed by atoms with Crippen LogP contribution in [-0.4, -0.2) is 31.1 Å². The summed E-state index contributed by atoms with van der Waals surface area (Å²) in [5.41, 5.74) is 3.40. The summed E-state index contributed by atoms with van der Waals surface area (Å²) in [5.74, 6) is 0. The minimum atomic E-state index is 0.495. The second-order valence-electron chi connectivity index (χ2n) is 7.34. The summed E-state index contributed by atoms with van der Waals surface area (Å²) in [7, 11) is 0.